The Morgan fingerprint density at radius 1 is 1.37 bits per heavy atom. The molecule has 0 heterocycles. The maximum atomic E-state index is 12.1. The zero-order valence-corrected chi connectivity index (χ0v) is 11.9. The number of hydrogen-bond acceptors (Lipinski definition) is 4. The second-order valence-corrected chi connectivity index (χ2v) is 5.93. The van der Waals surface area contributed by atoms with Gasteiger partial charge in [0.25, 0.3) is 0 Å². The number of benzene rings is 1. The normalized spacial score (nSPS) is 13.2. The Kier molecular flexibility index (Phi) is 5.65. The van der Waals surface area contributed by atoms with Crippen molar-refractivity contribution >= 4 is 15.8 Å². The molecular weight excluding hydrogens is 266 g/mol. The number of aliphatic hydroxyl groups is 1. The van der Waals surface area contributed by atoms with Crippen molar-refractivity contribution in [3.05, 3.63) is 29.8 Å². The van der Waals surface area contributed by atoms with Gasteiger partial charge in [0.1, 0.15) is 0 Å². The highest BCUT2D eigenvalue weighted by molar-refractivity contribution is 7.89. The van der Waals surface area contributed by atoms with E-state index in [-0.39, 0.29) is 17.3 Å². The van der Waals surface area contributed by atoms with Crippen LogP contribution in [0, 0.1) is 0 Å². The van der Waals surface area contributed by atoms with Crippen LogP contribution in [0.15, 0.2) is 29.2 Å². The van der Waals surface area contributed by atoms with Crippen molar-refractivity contribution in [3.63, 3.8) is 0 Å². The minimum Gasteiger partial charge on any atom is -0.395 e. The zero-order valence-electron chi connectivity index (χ0n) is 11.1. The third kappa shape index (κ3) is 4.12. The lowest BCUT2D eigenvalue weighted by Crippen LogP contribution is -2.36. The van der Waals surface area contributed by atoms with Crippen LogP contribution < -0.4 is 4.72 Å². The number of aliphatic hydroxyl groups excluding tert-OH is 1. The van der Waals surface area contributed by atoms with Crippen LogP contribution in [0.5, 0.6) is 0 Å². The van der Waals surface area contributed by atoms with Gasteiger partial charge in [-0.25, -0.2) is 13.1 Å². The Labute approximate surface area is 113 Å². The number of hydrogen-bond donors (Lipinski definition) is 2. The molecule has 0 aromatic heterocycles. The molecule has 0 unspecified atom stereocenters. The van der Waals surface area contributed by atoms with Crippen molar-refractivity contribution in [3.8, 4) is 0 Å². The van der Waals surface area contributed by atoms with E-state index in [4.69, 9.17) is 5.11 Å². The molecule has 0 fully saturated rings. The minimum absolute atomic E-state index is 0.0405. The maximum absolute atomic E-state index is 12.1. The van der Waals surface area contributed by atoms with Crippen molar-refractivity contribution in [1.82, 2.24) is 4.72 Å². The molecule has 6 heteroatoms. The minimum atomic E-state index is -3.71. The number of Topliss-reactive ketones (excluding diaryl/α,β-unsaturated/α-hetero) is 1. The Balaban J connectivity index is 3.05. The second kappa shape index (κ2) is 6.79. The standard InChI is InChI=1S/C13H19NO4S/c1-3-11(9-15)14-19(17,18)12-7-5-6-10(8-12)13(16)4-2/h5-8,11,14-15H,3-4,9H2,1-2H3/t11-/m0/s1. The SMILES string of the molecule is CCC(=O)c1cccc(S(=O)(=O)N[C@@H](CC)CO)c1. The molecule has 0 amide bonds. The summed E-state index contributed by atoms with van der Waals surface area (Å²) in [7, 11) is -3.71. The van der Waals surface area contributed by atoms with Gasteiger partial charge in [-0.05, 0) is 18.6 Å². The molecule has 19 heavy (non-hydrogen) atoms. The predicted octanol–water partition coefficient (Wildman–Crippen LogP) is 1.33. The molecule has 0 spiro atoms. The van der Waals surface area contributed by atoms with E-state index in [0.29, 0.717) is 18.4 Å². The highest BCUT2D eigenvalue weighted by Gasteiger charge is 2.19. The van der Waals surface area contributed by atoms with Crippen LogP contribution in [0.3, 0.4) is 0 Å². The average molecular weight is 285 g/mol. The Morgan fingerprint density at radius 2 is 2.05 bits per heavy atom. The molecule has 0 aliphatic heterocycles. The molecule has 106 valence electrons. The summed E-state index contributed by atoms with van der Waals surface area (Å²) in [5.41, 5.74) is 0.377. The Morgan fingerprint density at radius 3 is 2.58 bits per heavy atom. The molecule has 0 saturated heterocycles. The summed E-state index contributed by atoms with van der Waals surface area (Å²) in [6.45, 7) is 3.24. The van der Waals surface area contributed by atoms with Crippen molar-refractivity contribution in [1.29, 1.82) is 0 Å². The molecule has 0 bridgehead atoms. The summed E-state index contributed by atoms with van der Waals surface area (Å²) in [4.78, 5) is 11.6. The highest BCUT2D eigenvalue weighted by atomic mass is 32.2. The van der Waals surface area contributed by atoms with Crippen molar-refractivity contribution in [2.75, 3.05) is 6.61 Å². The fourth-order valence-corrected chi connectivity index (χ4v) is 2.93. The van der Waals surface area contributed by atoms with Crippen LogP contribution in [0.2, 0.25) is 0 Å². The molecule has 1 rings (SSSR count). The molecule has 0 aliphatic carbocycles. The van der Waals surface area contributed by atoms with Gasteiger partial charge < -0.3 is 5.11 Å². The van der Waals surface area contributed by atoms with E-state index in [1.807, 2.05) is 0 Å². The first kappa shape index (κ1) is 15.8. The quantitative estimate of drug-likeness (QED) is 0.740. The fraction of sp³-hybridized carbons (Fsp3) is 0.462. The first-order chi connectivity index (χ1) is 8.94. The molecule has 0 saturated carbocycles. The van der Waals surface area contributed by atoms with E-state index < -0.39 is 16.1 Å². The number of sulfonamides is 1. The highest BCUT2D eigenvalue weighted by Crippen LogP contribution is 2.13. The Hall–Kier alpha value is -1.24. The van der Waals surface area contributed by atoms with Crippen molar-refractivity contribution in [2.45, 2.75) is 37.6 Å². The number of ketones is 1. The van der Waals surface area contributed by atoms with E-state index in [1.165, 1.54) is 18.2 Å². The number of carbonyl (C=O) groups is 1. The van der Waals surface area contributed by atoms with Gasteiger partial charge >= 0.3 is 0 Å². The lowest BCUT2D eigenvalue weighted by atomic mass is 10.1. The topological polar surface area (TPSA) is 83.5 Å². The zero-order chi connectivity index (χ0) is 14.5. The van der Waals surface area contributed by atoms with Crippen LogP contribution >= 0.6 is 0 Å². The van der Waals surface area contributed by atoms with E-state index in [1.54, 1.807) is 19.9 Å². The molecule has 5 nitrogen and oxygen atoms in total. The largest absolute Gasteiger partial charge is 0.395 e. The van der Waals surface area contributed by atoms with E-state index in [0.717, 1.165) is 0 Å². The molecule has 2 N–H and O–H groups in total. The van der Waals surface area contributed by atoms with E-state index >= 15 is 0 Å². The van der Waals surface area contributed by atoms with Gasteiger partial charge in [-0.2, -0.15) is 0 Å². The van der Waals surface area contributed by atoms with Crippen LogP contribution in [0.4, 0.5) is 0 Å². The van der Waals surface area contributed by atoms with Gasteiger partial charge in [-0.3, -0.25) is 4.79 Å². The van der Waals surface area contributed by atoms with Gasteiger partial charge in [0, 0.05) is 18.0 Å². The summed E-state index contributed by atoms with van der Waals surface area (Å²) in [6, 6.07) is 5.40. The number of rotatable bonds is 7. The maximum Gasteiger partial charge on any atom is 0.240 e. The molecule has 1 atom stereocenters. The van der Waals surface area contributed by atoms with E-state index in [2.05, 4.69) is 4.72 Å². The van der Waals surface area contributed by atoms with Gasteiger partial charge in [-0.15, -0.1) is 0 Å². The molecule has 1 aromatic carbocycles. The predicted molar refractivity (Wildman–Crippen MR) is 72.5 cm³/mol. The lowest BCUT2D eigenvalue weighted by Gasteiger charge is -2.14. The van der Waals surface area contributed by atoms with E-state index in [9.17, 15) is 13.2 Å². The summed E-state index contributed by atoms with van der Waals surface area (Å²) >= 11 is 0. The third-order valence-electron chi connectivity index (χ3n) is 2.82. The summed E-state index contributed by atoms with van der Waals surface area (Å²) in [5.74, 6) is -0.105. The molecular formula is C13H19NO4S. The first-order valence-electron chi connectivity index (χ1n) is 6.21. The number of nitrogens with one attached hydrogen (secondary N) is 1. The van der Waals surface area contributed by atoms with Crippen LogP contribution in [0.1, 0.15) is 37.0 Å². The summed E-state index contributed by atoms with van der Waals surface area (Å²) in [6.07, 6.45) is 0.814. The average Bonchev–Trinajstić information content (AvgIpc) is 2.44. The van der Waals surface area contributed by atoms with Gasteiger partial charge in [0.15, 0.2) is 5.78 Å². The number of carbonyl (C=O) groups excluding carboxylic acids is 1. The van der Waals surface area contributed by atoms with Crippen LogP contribution in [-0.4, -0.2) is 32.0 Å². The summed E-state index contributed by atoms with van der Waals surface area (Å²) in [5, 5.41) is 9.04. The Bertz CT molecular complexity index is 535. The van der Waals surface area contributed by atoms with Gasteiger partial charge in [0.05, 0.1) is 11.5 Å². The third-order valence-corrected chi connectivity index (χ3v) is 4.34. The summed E-state index contributed by atoms with van der Waals surface area (Å²) < 4.78 is 26.6. The first-order valence-corrected chi connectivity index (χ1v) is 7.69. The fourth-order valence-electron chi connectivity index (χ4n) is 1.58. The van der Waals surface area contributed by atoms with Crippen molar-refractivity contribution in [2.24, 2.45) is 0 Å². The second-order valence-electron chi connectivity index (χ2n) is 4.21. The molecule has 0 aliphatic rings. The van der Waals surface area contributed by atoms with Gasteiger partial charge in [0.2, 0.25) is 10.0 Å². The van der Waals surface area contributed by atoms with Gasteiger partial charge in [-0.1, -0.05) is 26.0 Å². The van der Waals surface area contributed by atoms with Crippen LogP contribution in [-0.2, 0) is 10.0 Å². The van der Waals surface area contributed by atoms with Crippen molar-refractivity contribution < 1.29 is 18.3 Å². The monoisotopic (exact) mass is 285 g/mol. The smallest absolute Gasteiger partial charge is 0.240 e. The van der Waals surface area contributed by atoms with Crippen LogP contribution in [0.25, 0.3) is 0 Å². The lowest BCUT2D eigenvalue weighted by molar-refractivity contribution is 0.0988. The molecule has 0 radical (unpaired) electrons. The molecule has 1 aromatic rings.